The highest BCUT2D eigenvalue weighted by Crippen LogP contribution is 2.27. The van der Waals surface area contributed by atoms with Gasteiger partial charge in [-0.3, -0.25) is 24.7 Å². The molecule has 2 aromatic carbocycles. The van der Waals surface area contributed by atoms with Gasteiger partial charge in [-0.15, -0.1) is 0 Å². The van der Waals surface area contributed by atoms with Crippen LogP contribution in [0.4, 0.5) is 17.1 Å². The van der Waals surface area contributed by atoms with Crippen molar-refractivity contribution < 1.29 is 4.79 Å². The minimum atomic E-state index is -0.353. The predicted molar refractivity (Wildman–Crippen MR) is 85.2 cm³/mol. The van der Waals surface area contributed by atoms with Crippen LogP contribution in [-0.2, 0) is 0 Å². The molecule has 0 fully saturated rings. The highest BCUT2D eigenvalue weighted by molar-refractivity contribution is 6.09. The number of amides is 1. The summed E-state index contributed by atoms with van der Waals surface area (Å²) in [5.74, 6) is -0.339. The molecule has 3 aromatic rings. The number of hydrogen-bond donors (Lipinski definition) is 3. The number of nitrogen functional groups attached to an aromatic ring is 1. The highest BCUT2D eigenvalue weighted by atomic mass is 16.2. The van der Waals surface area contributed by atoms with Crippen molar-refractivity contribution in [3.63, 3.8) is 0 Å². The van der Waals surface area contributed by atoms with E-state index in [0.29, 0.717) is 17.1 Å². The van der Waals surface area contributed by atoms with Crippen LogP contribution in [0.5, 0.6) is 0 Å². The Kier molecular flexibility index (Phi) is 3.49. The first kappa shape index (κ1) is 13.7. The van der Waals surface area contributed by atoms with Gasteiger partial charge in [0, 0.05) is 23.1 Å². The fourth-order valence-electron chi connectivity index (χ4n) is 2.15. The summed E-state index contributed by atoms with van der Waals surface area (Å²) in [4.78, 5) is 25.5. The second-order valence-electron chi connectivity index (χ2n) is 4.74. The standard InChI is InChI=1S/C16H14N4O2/c17-11-6-8-13(9-7-11)20(12-4-2-1-3-5-12)16(22)14-10-15(21)19-18-14/h1-10H,17H2,(H2,18,19,21). The van der Waals surface area contributed by atoms with Gasteiger partial charge >= 0.3 is 0 Å². The van der Waals surface area contributed by atoms with Gasteiger partial charge in [0.2, 0.25) is 0 Å². The van der Waals surface area contributed by atoms with Crippen molar-refractivity contribution in [2.24, 2.45) is 0 Å². The number of nitrogens with two attached hydrogens (primary N) is 1. The molecular formula is C16H14N4O2. The lowest BCUT2D eigenvalue weighted by atomic mass is 10.2. The third-order valence-corrected chi connectivity index (χ3v) is 3.19. The number of nitrogens with one attached hydrogen (secondary N) is 2. The maximum atomic E-state index is 12.7. The summed E-state index contributed by atoms with van der Waals surface area (Å²) in [6.45, 7) is 0. The van der Waals surface area contributed by atoms with E-state index in [2.05, 4.69) is 10.2 Å². The Morgan fingerprint density at radius 3 is 2.14 bits per heavy atom. The van der Waals surface area contributed by atoms with E-state index >= 15 is 0 Å². The first-order chi connectivity index (χ1) is 10.6. The number of carbonyl (C=O) groups is 1. The number of aromatic nitrogens is 2. The molecule has 0 saturated heterocycles. The van der Waals surface area contributed by atoms with Crippen molar-refractivity contribution in [3.8, 4) is 0 Å². The van der Waals surface area contributed by atoms with E-state index in [0.717, 1.165) is 0 Å². The first-order valence-electron chi connectivity index (χ1n) is 6.68. The molecule has 1 heterocycles. The molecule has 0 aliphatic heterocycles. The summed E-state index contributed by atoms with van der Waals surface area (Å²) in [5.41, 5.74) is 7.50. The van der Waals surface area contributed by atoms with E-state index in [4.69, 9.17) is 5.73 Å². The SMILES string of the molecule is Nc1ccc(N(C(=O)c2cc(=O)[nH][nH]2)c2ccccc2)cc1. The maximum absolute atomic E-state index is 12.7. The van der Waals surface area contributed by atoms with E-state index in [1.807, 2.05) is 30.3 Å². The van der Waals surface area contributed by atoms with Gasteiger partial charge in [-0.1, -0.05) is 18.2 Å². The van der Waals surface area contributed by atoms with Crippen LogP contribution in [0.15, 0.2) is 65.5 Å². The number of carbonyl (C=O) groups excluding carboxylic acids is 1. The molecule has 3 rings (SSSR count). The van der Waals surface area contributed by atoms with Crippen LogP contribution in [0.1, 0.15) is 10.5 Å². The first-order valence-corrected chi connectivity index (χ1v) is 6.68. The van der Waals surface area contributed by atoms with Crippen molar-refractivity contribution in [1.29, 1.82) is 0 Å². The molecule has 0 aliphatic carbocycles. The monoisotopic (exact) mass is 294 g/mol. The quantitative estimate of drug-likeness (QED) is 0.647. The lowest BCUT2D eigenvalue weighted by molar-refractivity contribution is 0.0994. The Labute approximate surface area is 126 Å². The number of H-pyrrole nitrogens is 2. The number of aromatic amines is 2. The van der Waals surface area contributed by atoms with Gasteiger partial charge < -0.3 is 5.73 Å². The summed E-state index contributed by atoms with van der Waals surface area (Å²) < 4.78 is 0. The summed E-state index contributed by atoms with van der Waals surface area (Å²) >= 11 is 0. The van der Waals surface area contributed by atoms with Crippen LogP contribution in [0.25, 0.3) is 0 Å². The topological polar surface area (TPSA) is 95.0 Å². The van der Waals surface area contributed by atoms with Crippen LogP contribution in [0.2, 0.25) is 0 Å². The lowest BCUT2D eigenvalue weighted by Crippen LogP contribution is -2.26. The van der Waals surface area contributed by atoms with Crippen molar-refractivity contribution in [2.75, 3.05) is 10.6 Å². The fraction of sp³-hybridized carbons (Fsp3) is 0. The summed E-state index contributed by atoms with van der Waals surface area (Å²) in [7, 11) is 0. The zero-order valence-corrected chi connectivity index (χ0v) is 11.6. The number of anilines is 3. The molecular weight excluding hydrogens is 280 g/mol. The Balaban J connectivity index is 2.09. The largest absolute Gasteiger partial charge is 0.399 e. The van der Waals surface area contributed by atoms with E-state index < -0.39 is 0 Å². The molecule has 22 heavy (non-hydrogen) atoms. The molecule has 110 valence electrons. The Morgan fingerprint density at radius 1 is 0.909 bits per heavy atom. The number of hydrogen-bond acceptors (Lipinski definition) is 3. The lowest BCUT2D eigenvalue weighted by Gasteiger charge is -2.22. The van der Waals surface area contributed by atoms with Crippen molar-refractivity contribution in [1.82, 2.24) is 10.2 Å². The summed E-state index contributed by atoms with van der Waals surface area (Å²) in [5, 5.41) is 4.95. The van der Waals surface area contributed by atoms with Crippen molar-refractivity contribution in [2.45, 2.75) is 0 Å². The Hall–Kier alpha value is -3.28. The molecule has 6 nitrogen and oxygen atoms in total. The van der Waals surface area contributed by atoms with Gasteiger partial charge in [0.05, 0.1) is 0 Å². The number of benzene rings is 2. The van der Waals surface area contributed by atoms with Gasteiger partial charge in [-0.25, -0.2) is 0 Å². The highest BCUT2D eigenvalue weighted by Gasteiger charge is 2.21. The zero-order valence-electron chi connectivity index (χ0n) is 11.6. The molecule has 0 aliphatic rings. The Morgan fingerprint density at radius 2 is 1.55 bits per heavy atom. The van der Waals surface area contributed by atoms with E-state index in [9.17, 15) is 9.59 Å². The normalized spacial score (nSPS) is 10.4. The third-order valence-electron chi connectivity index (χ3n) is 3.19. The second kappa shape index (κ2) is 5.61. The summed E-state index contributed by atoms with van der Waals surface area (Å²) in [6, 6.07) is 17.4. The van der Waals surface area contributed by atoms with Crippen LogP contribution >= 0.6 is 0 Å². The molecule has 0 atom stereocenters. The molecule has 1 amide bonds. The van der Waals surface area contributed by atoms with Crippen LogP contribution in [0, 0.1) is 0 Å². The van der Waals surface area contributed by atoms with Crippen molar-refractivity contribution >= 4 is 23.0 Å². The smallest absolute Gasteiger partial charge is 0.280 e. The van der Waals surface area contributed by atoms with Crippen molar-refractivity contribution in [3.05, 3.63) is 76.7 Å². The number of nitrogens with zero attached hydrogens (tertiary/aromatic N) is 1. The third kappa shape index (κ3) is 2.62. The van der Waals surface area contributed by atoms with Gasteiger partial charge in [-0.2, -0.15) is 0 Å². The molecule has 6 heteroatoms. The maximum Gasteiger partial charge on any atom is 0.280 e. The molecule has 0 spiro atoms. The van der Waals surface area contributed by atoms with Gasteiger partial charge in [0.1, 0.15) is 5.69 Å². The van der Waals surface area contributed by atoms with E-state index in [1.54, 1.807) is 24.3 Å². The van der Waals surface area contributed by atoms with E-state index in [1.165, 1.54) is 11.0 Å². The average Bonchev–Trinajstić information content (AvgIpc) is 2.97. The zero-order chi connectivity index (χ0) is 15.5. The molecule has 0 radical (unpaired) electrons. The number of rotatable bonds is 3. The summed E-state index contributed by atoms with van der Waals surface area (Å²) in [6.07, 6.45) is 0. The average molecular weight is 294 g/mol. The van der Waals surface area contributed by atoms with E-state index in [-0.39, 0.29) is 17.2 Å². The van der Waals surface area contributed by atoms with Crippen LogP contribution < -0.4 is 16.2 Å². The predicted octanol–water partition coefficient (Wildman–Crippen LogP) is 2.26. The van der Waals surface area contributed by atoms with Gasteiger partial charge in [-0.05, 0) is 36.4 Å². The van der Waals surface area contributed by atoms with Gasteiger partial charge in [0.15, 0.2) is 0 Å². The van der Waals surface area contributed by atoms with Crippen LogP contribution in [-0.4, -0.2) is 16.1 Å². The minimum Gasteiger partial charge on any atom is -0.399 e. The van der Waals surface area contributed by atoms with Crippen LogP contribution in [0.3, 0.4) is 0 Å². The van der Waals surface area contributed by atoms with Gasteiger partial charge in [0.25, 0.3) is 11.5 Å². The molecule has 0 unspecified atom stereocenters. The molecule has 0 saturated carbocycles. The molecule has 0 bridgehead atoms. The fourth-order valence-corrected chi connectivity index (χ4v) is 2.15. The second-order valence-corrected chi connectivity index (χ2v) is 4.74. The minimum absolute atomic E-state index is 0.186. The molecule has 1 aromatic heterocycles. The number of para-hydroxylation sites is 1. The Bertz CT molecular complexity index is 834. The molecule has 4 N–H and O–H groups in total.